The van der Waals surface area contributed by atoms with E-state index < -0.39 is 0 Å². The maximum atomic E-state index is 12.3. The topological polar surface area (TPSA) is 134 Å². The van der Waals surface area contributed by atoms with Crippen molar-refractivity contribution < 1.29 is 38.2 Å². The van der Waals surface area contributed by atoms with Crippen molar-refractivity contribution in [1.82, 2.24) is 19.6 Å². The van der Waals surface area contributed by atoms with E-state index >= 15 is 0 Å². The van der Waals surface area contributed by atoms with Gasteiger partial charge in [0, 0.05) is 75.8 Å². The maximum Gasteiger partial charge on any atom is 0.307 e. The molecule has 0 saturated carbocycles. The summed E-state index contributed by atoms with van der Waals surface area (Å²) in [5.74, 6) is 0.430. The van der Waals surface area contributed by atoms with Gasteiger partial charge in [0.2, 0.25) is 23.6 Å². The number of amides is 4. The van der Waals surface area contributed by atoms with Gasteiger partial charge in [-0.1, -0.05) is 155 Å². The minimum Gasteiger partial charge on any atom is -0.463 e. The lowest BCUT2D eigenvalue weighted by molar-refractivity contribution is -0.147. The Morgan fingerprint density at radius 2 is 0.831 bits per heavy atom. The van der Waals surface area contributed by atoms with Crippen LogP contribution in [0.1, 0.15) is 141 Å². The highest BCUT2D eigenvalue weighted by Crippen LogP contribution is 2.29. The van der Waals surface area contributed by atoms with E-state index in [1.165, 1.54) is 36.1 Å². The average molecular weight is 1050 g/mol. The molecule has 7 atom stereocenters. The minimum atomic E-state index is -0.329. The Labute approximate surface area is 460 Å². The molecule has 0 spiro atoms. The smallest absolute Gasteiger partial charge is 0.307 e. The fourth-order valence-electron chi connectivity index (χ4n) is 10.6. The highest BCUT2D eigenvalue weighted by Gasteiger charge is 2.35. The summed E-state index contributed by atoms with van der Waals surface area (Å²) in [6.45, 7) is 21.8. The number of carbonyl (C=O) groups is 6. The van der Waals surface area contributed by atoms with Crippen molar-refractivity contribution in [2.24, 2.45) is 0 Å². The Morgan fingerprint density at radius 3 is 1.13 bits per heavy atom. The van der Waals surface area contributed by atoms with Crippen LogP contribution in [-0.2, 0) is 63.9 Å². The van der Waals surface area contributed by atoms with Crippen LogP contribution in [0.5, 0.6) is 0 Å². The fourth-order valence-corrected chi connectivity index (χ4v) is 10.6. The van der Waals surface area contributed by atoms with E-state index in [-0.39, 0.29) is 47.8 Å². The third-order valence-electron chi connectivity index (χ3n) is 14.6. The SMILES string of the molecule is C=CN1C(=O)CC[C@@H]1Cc1ccccc1.C=CN1C(=O)CC[C@@H]1Cc1ccccc1.C=COC(C)=O.CCC(C)N1C(=O)CC[C@@H]1Cc1ccccc1.CCC(CCC(C)N1C(=O)CC[C@@H]1Cc1ccccc1)OC(C)=O. The number of likely N-dealkylation sites (tertiary alicyclic amines) is 4. The molecule has 4 aliphatic heterocycles. The summed E-state index contributed by atoms with van der Waals surface area (Å²) in [4.78, 5) is 75.8. The third-order valence-corrected chi connectivity index (χ3v) is 14.6. The lowest BCUT2D eigenvalue weighted by Gasteiger charge is -2.32. The zero-order valence-corrected chi connectivity index (χ0v) is 46.8. The van der Waals surface area contributed by atoms with Crippen LogP contribution >= 0.6 is 0 Å². The first-order valence-electron chi connectivity index (χ1n) is 27.7. The van der Waals surface area contributed by atoms with Gasteiger partial charge < -0.3 is 29.1 Å². The number of hydrogen-bond acceptors (Lipinski definition) is 8. The first kappa shape index (κ1) is 62.5. The lowest BCUT2D eigenvalue weighted by Crippen LogP contribution is -2.41. The second kappa shape index (κ2) is 33.8. The number of benzene rings is 4. The van der Waals surface area contributed by atoms with E-state index in [9.17, 15) is 28.8 Å². The van der Waals surface area contributed by atoms with Crippen molar-refractivity contribution in [1.29, 1.82) is 0 Å². The van der Waals surface area contributed by atoms with Crippen LogP contribution in [0, 0.1) is 0 Å². The fraction of sp³-hybridized carbons (Fsp3) is 0.446. The van der Waals surface area contributed by atoms with Crippen molar-refractivity contribution >= 4 is 35.6 Å². The standard InChI is InChI=1S/C20H29NO3.C15H21NO.2C13H15NO.C4H6O2/c1-4-19(24-16(3)22)12-10-15(2)21-18(11-13-20(21)23)14-17-8-6-5-7-9-17;1-3-12(2)16-14(9-10-15(16)17)11-13-7-5-4-6-8-13;2*1-2-14-12(8-9-13(14)15)10-11-6-4-3-5-7-11;1-3-6-4(2)5/h5-9,15,18-19H,4,10-14H2,1-3H3;4-8,12,14H,3,9-11H2,1-2H3;2*2-7,12H,1,8-10H2;3H,1H2,2H3/t15?,18-,19?;12?,14-;2*12-;/m1111./s1. The van der Waals surface area contributed by atoms with Crippen LogP contribution in [0.25, 0.3) is 0 Å². The minimum absolute atomic E-state index is 0.0461. The van der Waals surface area contributed by atoms with Crippen molar-refractivity contribution in [3.05, 3.63) is 182 Å². The molecule has 77 heavy (non-hydrogen) atoms. The van der Waals surface area contributed by atoms with Crippen LogP contribution in [-0.4, -0.2) is 97.5 Å². The molecule has 414 valence electrons. The van der Waals surface area contributed by atoms with Gasteiger partial charge in [0.25, 0.3) is 0 Å². The van der Waals surface area contributed by atoms with Gasteiger partial charge in [-0.05, 0) is 126 Å². The van der Waals surface area contributed by atoms with Gasteiger partial charge in [-0.2, -0.15) is 0 Å². The molecule has 4 aliphatic rings. The quantitative estimate of drug-likeness (QED) is 0.0669. The zero-order valence-electron chi connectivity index (χ0n) is 46.8. The molecule has 4 saturated heterocycles. The van der Waals surface area contributed by atoms with Crippen LogP contribution in [0.15, 0.2) is 160 Å². The van der Waals surface area contributed by atoms with Crippen molar-refractivity contribution in [2.45, 2.75) is 187 Å². The van der Waals surface area contributed by atoms with Gasteiger partial charge in [0.15, 0.2) is 0 Å². The van der Waals surface area contributed by atoms with Gasteiger partial charge >= 0.3 is 11.9 Å². The third kappa shape index (κ3) is 21.1. The van der Waals surface area contributed by atoms with Crippen molar-refractivity contribution in [3.8, 4) is 0 Å². The van der Waals surface area contributed by atoms with Gasteiger partial charge in [0.1, 0.15) is 6.10 Å². The molecule has 4 aromatic carbocycles. The molecule has 8 rings (SSSR count). The average Bonchev–Trinajstić information content (AvgIpc) is 4.20. The van der Waals surface area contributed by atoms with Crippen LogP contribution in [0.3, 0.4) is 0 Å². The van der Waals surface area contributed by atoms with E-state index in [0.717, 1.165) is 89.7 Å². The highest BCUT2D eigenvalue weighted by atomic mass is 16.5. The lowest BCUT2D eigenvalue weighted by atomic mass is 10.0. The second-order valence-electron chi connectivity index (χ2n) is 20.2. The van der Waals surface area contributed by atoms with Crippen LogP contribution in [0.2, 0.25) is 0 Å². The van der Waals surface area contributed by atoms with Gasteiger partial charge in [-0.25, -0.2) is 0 Å². The largest absolute Gasteiger partial charge is 0.463 e. The monoisotopic (exact) mass is 1050 g/mol. The molecule has 4 aromatic rings. The molecule has 0 bridgehead atoms. The van der Waals surface area contributed by atoms with E-state index in [2.05, 4.69) is 116 Å². The van der Waals surface area contributed by atoms with E-state index in [0.29, 0.717) is 49.3 Å². The summed E-state index contributed by atoms with van der Waals surface area (Å²) >= 11 is 0. The number of carbonyl (C=O) groups excluding carboxylic acids is 6. The predicted molar refractivity (Wildman–Crippen MR) is 307 cm³/mol. The van der Waals surface area contributed by atoms with Crippen LogP contribution in [0.4, 0.5) is 0 Å². The molecular weight excluding hydrogens is 965 g/mol. The van der Waals surface area contributed by atoms with Crippen molar-refractivity contribution in [3.63, 3.8) is 0 Å². The first-order chi connectivity index (χ1) is 37.1. The maximum absolute atomic E-state index is 12.3. The molecule has 4 fully saturated rings. The van der Waals surface area contributed by atoms with Crippen molar-refractivity contribution in [2.75, 3.05) is 0 Å². The summed E-state index contributed by atoms with van der Waals surface area (Å²) in [6, 6.07) is 43.2. The summed E-state index contributed by atoms with van der Waals surface area (Å²) in [6.07, 6.45) is 18.2. The zero-order chi connectivity index (χ0) is 56.1. The predicted octanol–water partition coefficient (Wildman–Crippen LogP) is 12.2. The normalized spacial score (nSPS) is 19.7. The van der Waals surface area contributed by atoms with Gasteiger partial charge in [-0.3, -0.25) is 28.8 Å². The molecule has 4 heterocycles. The summed E-state index contributed by atoms with van der Waals surface area (Å²) in [7, 11) is 0. The van der Waals surface area contributed by atoms with Gasteiger partial charge in [0.05, 0.1) is 6.26 Å². The number of rotatable bonds is 19. The molecule has 0 aliphatic carbocycles. The second-order valence-corrected chi connectivity index (χ2v) is 20.2. The summed E-state index contributed by atoms with van der Waals surface area (Å²) in [5.41, 5.74) is 5.18. The Hall–Kier alpha value is -7.08. The highest BCUT2D eigenvalue weighted by molar-refractivity contribution is 5.81. The number of ether oxygens (including phenoxy) is 2. The van der Waals surface area contributed by atoms with Gasteiger partial charge in [-0.15, -0.1) is 0 Å². The van der Waals surface area contributed by atoms with E-state index in [4.69, 9.17) is 4.74 Å². The molecular formula is C65H86N4O8. The van der Waals surface area contributed by atoms with E-state index in [1.54, 1.807) is 22.2 Å². The Balaban J connectivity index is 0.000000217. The summed E-state index contributed by atoms with van der Waals surface area (Å²) < 4.78 is 9.49. The molecule has 12 heteroatoms. The first-order valence-corrected chi connectivity index (χ1v) is 27.7. The molecule has 0 radical (unpaired) electrons. The summed E-state index contributed by atoms with van der Waals surface area (Å²) in [5, 5.41) is 0. The molecule has 0 aromatic heterocycles. The molecule has 12 nitrogen and oxygen atoms in total. The number of nitrogens with zero attached hydrogens (tertiary/aromatic N) is 4. The molecule has 0 N–H and O–H groups in total. The number of esters is 2. The number of hydrogen-bond donors (Lipinski definition) is 0. The Kier molecular flexibility index (Phi) is 27.5. The Bertz CT molecular complexity index is 2380. The van der Waals surface area contributed by atoms with E-state index in [1.807, 2.05) is 67.6 Å². The molecule has 3 unspecified atom stereocenters. The molecule has 4 amide bonds. The Morgan fingerprint density at radius 1 is 0.494 bits per heavy atom. The van der Waals surface area contributed by atoms with Crippen LogP contribution < -0.4 is 0 Å².